The molecule has 2 nitrogen and oxygen atoms in total. The zero-order valence-corrected chi connectivity index (χ0v) is 9.12. The second kappa shape index (κ2) is 5.13. The van der Waals surface area contributed by atoms with E-state index >= 15 is 0 Å². The standard InChI is InChI=1S/C12H23NO/c14-10-12-6-7-13(9-12)8-11-4-2-1-3-5-11/h11-12,14H,1-10H2/t12-/m0/s1. The Bertz CT molecular complexity index is 166. The molecule has 0 aromatic carbocycles. The molecule has 0 bridgehead atoms. The Morgan fingerprint density at radius 3 is 2.43 bits per heavy atom. The lowest BCUT2D eigenvalue weighted by Crippen LogP contribution is -2.29. The van der Waals surface area contributed by atoms with Gasteiger partial charge in [-0.3, -0.25) is 0 Å². The molecule has 82 valence electrons. The Labute approximate surface area is 87.3 Å². The van der Waals surface area contributed by atoms with Crippen LogP contribution in [0.2, 0.25) is 0 Å². The van der Waals surface area contributed by atoms with Crippen LogP contribution in [0.1, 0.15) is 38.5 Å². The molecule has 1 aliphatic carbocycles. The number of likely N-dealkylation sites (tertiary alicyclic amines) is 1. The SMILES string of the molecule is OC[C@H]1CCN(CC2CCCCC2)C1. The fourth-order valence-corrected chi connectivity index (χ4v) is 2.96. The van der Waals surface area contributed by atoms with Gasteiger partial charge in [0.2, 0.25) is 0 Å². The number of aliphatic hydroxyl groups is 1. The van der Waals surface area contributed by atoms with E-state index in [0.29, 0.717) is 12.5 Å². The topological polar surface area (TPSA) is 23.5 Å². The highest BCUT2D eigenvalue weighted by Gasteiger charge is 2.24. The van der Waals surface area contributed by atoms with E-state index in [2.05, 4.69) is 4.90 Å². The Balaban J connectivity index is 1.69. The number of hydrogen-bond donors (Lipinski definition) is 1. The van der Waals surface area contributed by atoms with Crippen LogP contribution in [-0.4, -0.2) is 36.2 Å². The number of hydrogen-bond acceptors (Lipinski definition) is 2. The molecule has 0 amide bonds. The van der Waals surface area contributed by atoms with Crippen molar-refractivity contribution in [2.75, 3.05) is 26.2 Å². The largest absolute Gasteiger partial charge is 0.396 e. The lowest BCUT2D eigenvalue weighted by atomic mass is 9.89. The monoisotopic (exact) mass is 197 g/mol. The fraction of sp³-hybridized carbons (Fsp3) is 1.00. The quantitative estimate of drug-likeness (QED) is 0.746. The average molecular weight is 197 g/mol. The van der Waals surface area contributed by atoms with Crippen LogP contribution < -0.4 is 0 Å². The van der Waals surface area contributed by atoms with Gasteiger partial charge in [0.05, 0.1) is 0 Å². The van der Waals surface area contributed by atoms with Crippen molar-refractivity contribution in [3.8, 4) is 0 Å². The lowest BCUT2D eigenvalue weighted by Gasteiger charge is -2.26. The zero-order valence-electron chi connectivity index (χ0n) is 9.12. The van der Waals surface area contributed by atoms with E-state index in [1.165, 1.54) is 51.6 Å². The Morgan fingerprint density at radius 2 is 1.79 bits per heavy atom. The molecule has 1 saturated carbocycles. The van der Waals surface area contributed by atoms with Gasteiger partial charge in [-0.2, -0.15) is 0 Å². The van der Waals surface area contributed by atoms with Crippen LogP contribution in [0.25, 0.3) is 0 Å². The molecule has 1 N–H and O–H groups in total. The van der Waals surface area contributed by atoms with Crippen molar-refractivity contribution in [1.29, 1.82) is 0 Å². The summed E-state index contributed by atoms with van der Waals surface area (Å²) in [5, 5.41) is 9.06. The normalized spacial score (nSPS) is 31.1. The molecule has 2 aliphatic rings. The van der Waals surface area contributed by atoms with Gasteiger partial charge in [0.15, 0.2) is 0 Å². The fourth-order valence-electron chi connectivity index (χ4n) is 2.96. The summed E-state index contributed by atoms with van der Waals surface area (Å²) < 4.78 is 0. The maximum atomic E-state index is 9.06. The van der Waals surface area contributed by atoms with Crippen LogP contribution in [-0.2, 0) is 0 Å². The molecule has 0 aromatic heterocycles. The van der Waals surface area contributed by atoms with E-state index in [-0.39, 0.29) is 0 Å². The summed E-state index contributed by atoms with van der Waals surface area (Å²) in [6.45, 7) is 4.06. The molecule has 1 atom stereocenters. The van der Waals surface area contributed by atoms with Crippen molar-refractivity contribution in [2.45, 2.75) is 38.5 Å². The minimum absolute atomic E-state index is 0.390. The van der Waals surface area contributed by atoms with Gasteiger partial charge >= 0.3 is 0 Å². The van der Waals surface area contributed by atoms with Crippen molar-refractivity contribution >= 4 is 0 Å². The molecular weight excluding hydrogens is 174 g/mol. The lowest BCUT2D eigenvalue weighted by molar-refractivity contribution is 0.200. The van der Waals surface area contributed by atoms with Crippen molar-refractivity contribution in [2.24, 2.45) is 11.8 Å². The molecule has 0 unspecified atom stereocenters. The second-order valence-corrected chi connectivity index (χ2v) is 5.10. The molecule has 2 rings (SSSR count). The summed E-state index contributed by atoms with van der Waals surface area (Å²) in [4.78, 5) is 2.57. The third-order valence-electron chi connectivity index (χ3n) is 3.87. The van der Waals surface area contributed by atoms with Crippen LogP contribution in [0.5, 0.6) is 0 Å². The highest BCUT2D eigenvalue weighted by Crippen LogP contribution is 2.26. The molecule has 0 radical (unpaired) electrons. The van der Waals surface area contributed by atoms with Gasteiger partial charge in [0, 0.05) is 19.7 Å². The van der Waals surface area contributed by atoms with Gasteiger partial charge in [-0.1, -0.05) is 19.3 Å². The first-order chi connectivity index (χ1) is 6.88. The van der Waals surface area contributed by atoms with E-state index in [1.54, 1.807) is 0 Å². The first-order valence-electron chi connectivity index (χ1n) is 6.21. The number of aliphatic hydroxyl groups excluding tert-OH is 1. The Hall–Kier alpha value is -0.0800. The second-order valence-electron chi connectivity index (χ2n) is 5.10. The van der Waals surface area contributed by atoms with Crippen LogP contribution in [0.4, 0.5) is 0 Å². The maximum Gasteiger partial charge on any atom is 0.0471 e. The van der Waals surface area contributed by atoms with Gasteiger partial charge in [-0.05, 0) is 37.6 Å². The summed E-state index contributed by atoms with van der Waals surface area (Å²) >= 11 is 0. The van der Waals surface area contributed by atoms with E-state index < -0.39 is 0 Å². The highest BCUT2D eigenvalue weighted by atomic mass is 16.3. The first kappa shape index (κ1) is 10.4. The van der Waals surface area contributed by atoms with Crippen molar-refractivity contribution in [1.82, 2.24) is 4.90 Å². The van der Waals surface area contributed by atoms with Crippen molar-refractivity contribution in [3.05, 3.63) is 0 Å². The zero-order chi connectivity index (χ0) is 9.80. The van der Waals surface area contributed by atoms with Crippen LogP contribution >= 0.6 is 0 Å². The first-order valence-corrected chi connectivity index (χ1v) is 6.21. The highest BCUT2D eigenvalue weighted by molar-refractivity contribution is 4.78. The summed E-state index contributed by atoms with van der Waals surface area (Å²) in [6.07, 6.45) is 8.45. The predicted molar refractivity (Wildman–Crippen MR) is 58.2 cm³/mol. The summed E-state index contributed by atoms with van der Waals surface area (Å²) in [7, 11) is 0. The van der Waals surface area contributed by atoms with E-state index in [9.17, 15) is 0 Å². The molecule has 14 heavy (non-hydrogen) atoms. The van der Waals surface area contributed by atoms with Crippen LogP contribution in [0, 0.1) is 11.8 Å². The van der Waals surface area contributed by atoms with Crippen molar-refractivity contribution < 1.29 is 5.11 Å². The van der Waals surface area contributed by atoms with Crippen LogP contribution in [0.3, 0.4) is 0 Å². The molecule has 1 aliphatic heterocycles. The molecule has 0 aromatic rings. The number of nitrogens with zero attached hydrogens (tertiary/aromatic N) is 1. The van der Waals surface area contributed by atoms with Crippen molar-refractivity contribution in [3.63, 3.8) is 0 Å². The van der Waals surface area contributed by atoms with E-state index in [4.69, 9.17) is 5.11 Å². The molecule has 1 heterocycles. The molecule has 2 heteroatoms. The summed E-state index contributed by atoms with van der Waals surface area (Å²) in [5.74, 6) is 1.53. The third-order valence-corrected chi connectivity index (χ3v) is 3.87. The molecule has 2 fully saturated rings. The Kier molecular flexibility index (Phi) is 3.82. The summed E-state index contributed by atoms with van der Waals surface area (Å²) in [5.41, 5.74) is 0. The minimum Gasteiger partial charge on any atom is -0.396 e. The molecule has 0 spiro atoms. The maximum absolute atomic E-state index is 9.06. The van der Waals surface area contributed by atoms with Gasteiger partial charge < -0.3 is 10.0 Å². The van der Waals surface area contributed by atoms with E-state index in [1.807, 2.05) is 0 Å². The number of rotatable bonds is 3. The molecule has 1 saturated heterocycles. The van der Waals surface area contributed by atoms with Gasteiger partial charge in [-0.15, -0.1) is 0 Å². The van der Waals surface area contributed by atoms with Gasteiger partial charge in [0.1, 0.15) is 0 Å². The Morgan fingerprint density at radius 1 is 1.00 bits per heavy atom. The predicted octanol–water partition coefficient (Wildman–Crippen LogP) is 1.88. The molecular formula is C12H23NO. The smallest absolute Gasteiger partial charge is 0.0471 e. The average Bonchev–Trinajstić information content (AvgIpc) is 2.67. The van der Waals surface area contributed by atoms with Gasteiger partial charge in [-0.25, -0.2) is 0 Å². The van der Waals surface area contributed by atoms with Gasteiger partial charge in [0.25, 0.3) is 0 Å². The third kappa shape index (κ3) is 2.71. The van der Waals surface area contributed by atoms with E-state index in [0.717, 1.165) is 12.5 Å². The minimum atomic E-state index is 0.390. The summed E-state index contributed by atoms with van der Waals surface area (Å²) in [6, 6.07) is 0. The van der Waals surface area contributed by atoms with Crippen LogP contribution in [0.15, 0.2) is 0 Å².